The van der Waals surface area contributed by atoms with Gasteiger partial charge in [-0.15, -0.1) is 0 Å². The first-order valence-electron chi connectivity index (χ1n) is 30.7. The van der Waals surface area contributed by atoms with E-state index in [2.05, 4.69) is 86.8 Å². The first-order chi connectivity index (χ1) is 36.0. The van der Waals surface area contributed by atoms with Gasteiger partial charge in [-0.05, 0) is 64.2 Å². The number of rotatable bonds is 56. The van der Waals surface area contributed by atoms with Crippen LogP contribution in [0.2, 0.25) is 0 Å². The molecule has 0 amide bonds. The number of hydrogen-bond acceptors (Lipinski definition) is 7. The highest BCUT2D eigenvalue weighted by Crippen LogP contribution is 2.43. The molecule has 0 aliphatic carbocycles. The molecule has 0 rings (SSSR count). The molecule has 0 saturated heterocycles. The van der Waals surface area contributed by atoms with Crippen molar-refractivity contribution in [2.24, 2.45) is 0 Å². The fourth-order valence-electron chi connectivity index (χ4n) is 8.55. The molecule has 0 radical (unpaired) electrons. The number of allylic oxidation sites excluding steroid dienone is 12. The number of carbonyl (C=O) groups is 2. The average molecular weight is 1060 g/mol. The third kappa shape index (κ3) is 58.7. The zero-order valence-electron chi connectivity index (χ0n) is 48.8. The smallest absolute Gasteiger partial charge is 0.462 e. The molecule has 0 bridgehead atoms. The van der Waals surface area contributed by atoms with E-state index in [4.69, 9.17) is 18.5 Å². The van der Waals surface area contributed by atoms with Crippen LogP contribution in [0.15, 0.2) is 72.9 Å². The number of phosphoric ester groups is 1. The highest BCUT2D eigenvalue weighted by molar-refractivity contribution is 7.47. The lowest BCUT2D eigenvalue weighted by Gasteiger charge is -2.24. The second-order valence-corrected chi connectivity index (χ2v) is 23.2. The summed E-state index contributed by atoms with van der Waals surface area (Å²) in [5.74, 6) is -0.799. The van der Waals surface area contributed by atoms with Crippen LogP contribution >= 0.6 is 7.82 Å². The zero-order valence-corrected chi connectivity index (χ0v) is 49.7. The van der Waals surface area contributed by atoms with E-state index in [0.717, 1.165) is 83.5 Å². The number of esters is 2. The first-order valence-corrected chi connectivity index (χ1v) is 32.2. The molecule has 0 aromatic heterocycles. The summed E-state index contributed by atoms with van der Waals surface area (Å²) in [5, 5.41) is 0. The molecule has 0 aromatic rings. The lowest BCUT2D eigenvalue weighted by Crippen LogP contribution is -2.37. The van der Waals surface area contributed by atoms with Gasteiger partial charge >= 0.3 is 19.8 Å². The summed E-state index contributed by atoms with van der Waals surface area (Å²) in [5.41, 5.74) is 0. The summed E-state index contributed by atoms with van der Waals surface area (Å²) in [4.78, 5) is 35.8. The van der Waals surface area contributed by atoms with Crippen LogP contribution in [-0.2, 0) is 32.7 Å². The second kappa shape index (κ2) is 55.2. The molecule has 10 heteroatoms. The van der Waals surface area contributed by atoms with E-state index < -0.39 is 26.5 Å². The Balaban J connectivity index is 4.16. The molecule has 0 fully saturated rings. The van der Waals surface area contributed by atoms with Crippen LogP contribution in [0.5, 0.6) is 0 Å². The zero-order chi connectivity index (χ0) is 54.2. The number of quaternary nitrogens is 1. The van der Waals surface area contributed by atoms with Gasteiger partial charge in [0, 0.05) is 12.8 Å². The lowest BCUT2D eigenvalue weighted by molar-refractivity contribution is -0.870. The molecule has 1 N–H and O–H groups in total. The number of unbranched alkanes of at least 4 members (excludes halogenated alkanes) is 30. The predicted molar refractivity (Wildman–Crippen MR) is 316 cm³/mol. The molecular formula is C64H117NO8P+. The largest absolute Gasteiger partial charge is 0.472 e. The monoisotopic (exact) mass is 1060 g/mol. The molecule has 0 spiro atoms. The topological polar surface area (TPSA) is 108 Å². The normalized spacial score (nSPS) is 13.8. The molecule has 0 saturated carbocycles. The van der Waals surface area contributed by atoms with Crippen molar-refractivity contribution >= 4 is 19.8 Å². The second-order valence-electron chi connectivity index (χ2n) is 21.7. The van der Waals surface area contributed by atoms with Gasteiger partial charge in [0.2, 0.25) is 0 Å². The molecule has 2 atom stereocenters. The summed E-state index contributed by atoms with van der Waals surface area (Å²) in [7, 11) is 1.47. The number of likely N-dealkylation sites (N-methyl/N-ethyl adjacent to an activating group) is 1. The summed E-state index contributed by atoms with van der Waals surface area (Å²) in [6.45, 7) is 4.34. The Morgan fingerprint density at radius 2 is 0.770 bits per heavy atom. The lowest BCUT2D eigenvalue weighted by atomic mass is 10.0. The third-order valence-corrected chi connectivity index (χ3v) is 14.2. The third-order valence-electron chi connectivity index (χ3n) is 13.3. The molecular weight excluding hydrogens is 942 g/mol. The van der Waals surface area contributed by atoms with Crippen LogP contribution < -0.4 is 0 Å². The molecule has 74 heavy (non-hydrogen) atoms. The van der Waals surface area contributed by atoms with Gasteiger partial charge in [0.25, 0.3) is 0 Å². The standard InChI is InChI=1S/C64H116NO8P/c1-6-8-10-12-14-16-18-20-22-24-26-28-30-31-32-33-35-37-39-41-43-45-47-49-51-53-55-57-64(67)73-62(61-72-74(68,69)71-59-58-65(3,4)5)60-70-63(66)56-54-52-50-48-46-44-42-40-38-36-34-29-27-25-23-21-19-17-15-13-11-9-7-2/h8,10,14,16,20,22,26,28,31-32,35,37,62H,6-7,9,11-13,15,17-19,21,23-25,27,29-30,33-34,36,38-61H2,1-5H3/p+1/b10-8-,16-14-,22-20-,28-26-,32-31-,37-35-. The minimum absolute atomic E-state index is 0.0284. The molecule has 430 valence electrons. The van der Waals surface area contributed by atoms with Crippen LogP contribution in [0.4, 0.5) is 0 Å². The first kappa shape index (κ1) is 71.5. The molecule has 9 nitrogen and oxygen atoms in total. The summed E-state index contributed by atoms with van der Waals surface area (Å²) in [6.07, 6.45) is 72.6. The number of hydrogen-bond donors (Lipinski definition) is 1. The van der Waals surface area contributed by atoms with Gasteiger partial charge in [0.1, 0.15) is 19.8 Å². The van der Waals surface area contributed by atoms with Gasteiger partial charge in [-0.3, -0.25) is 18.6 Å². The molecule has 0 aliphatic rings. The van der Waals surface area contributed by atoms with Crippen molar-refractivity contribution < 1.29 is 42.1 Å². The van der Waals surface area contributed by atoms with E-state index in [9.17, 15) is 19.0 Å². The van der Waals surface area contributed by atoms with Crippen LogP contribution in [0, 0.1) is 0 Å². The molecule has 2 unspecified atom stereocenters. The fourth-order valence-corrected chi connectivity index (χ4v) is 9.29. The van der Waals surface area contributed by atoms with Crippen molar-refractivity contribution in [2.45, 2.75) is 277 Å². The fraction of sp³-hybridized carbons (Fsp3) is 0.781. The Morgan fingerprint density at radius 1 is 0.432 bits per heavy atom. The SMILES string of the molecule is CC/C=C\C/C=C\C/C=C\C/C=C\C/C=C\C/C=C\CCCCCCCCCCC(=O)OC(COC(=O)CCCCCCCCCCCCCCCCCCCCCCCCC)COP(=O)(O)OCC[N+](C)(C)C. The van der Waals surface area contributed by atoms with Crippen molar-refractivity contribution in [3.05, 3.63) is 72.9 Å². The van der Waals surface area contributed by atoms with Gasteiger partial charge in [-0.1, -0.05) is 267 Å². The molecule has 0 heterocycles. The minimum Gasteiger partial charge on any atom is -0.462 e. The van der Waals surface area contributed by atoms with Crippen LogP contribution in [0.25, 0.3) is 0 Å². The maximum absolute atomic E-state index is 12.8. The number of carbonyl (C=O) groups excluding carboxylic acids is 2. The van der Waals surface area contributed by atoms with E-state index >= 15 is 0 Å². The van der Waals surface area contributed by atoms with Crippen molar-refractivity contribution in [3.63, 3.8) is 0 Å². The van der Waals surface area contributed by atoms with Gasteiger partial charge < -0.3 is 18.9 Å². The Labute approximate surface area is 457 Å². The van der Waals surface area contributed by atoms with Crippen molar-refractivity contribution in [1.29, 1.82) is 0 Å². The van der Waals surface area contributed by atoms with Crippen LogP contribution in [-0.4, -0.2) is 74.9 Å². The Hall–Kier alpha value is -2.55. The Bertz CT molecular complexity index is 1480. The molecule has 0 aromatic carbocycles. The van der Waals surface area contributed by atoms with Crippen molar-refractivity contribution in [2.75, 3.05) is 47.5 Å². The summed E-state index contributed by atoms with van der Waals surface area (Å²) in [6, 6.07) is 0. The van der Waals surface area contributed by atoms with E-state index in [-0.39, 0.29) is 32.0 Å². The molecule has 0 aliphatic heterocycles. The van der Waals surface area contributed by atoms with Crippen molar-refractivity contribution in [1.82, 2.24) is 0 Å². The maximum atomic E-state index is 12.8. The number of ether oxygens (including phenoxy) is 2. The van der Waals surface area contributed by atoms with Gasteiger partial charge in [-0.2, -0.15) is 0 Å². The minimum atomic E-state index is -4.39. The van der Waals surface area contributed by atoms with Crippen LogP contribution in [0.3, 0.4) is 0 Å². The maximum Gasteiger partial charge on any atom is 0.472 e. The Kier molecular flexibility index (Phi) is 53.3. The summed E-state index contributed by atoms with van der Waals surface area (Å²) < 4.78 is 34.6. The van der Waals surface area contributed by atoms with E-state index in [1.54, 1.807) is 0 Å². The van der Waals surface area contributed by atoms with Gasteiger partial charge in [0.15, 0.2) is 6.10 Å². The van der Waals surface area contributed by atoms with Gasteiger partial charge in [0.05, 0.1) is 27.7 Å². The van der Waals surface area contributed by atoms with Crippen LogP contribution in [0.1, 0.15) is 271 Å². The average Bonchev–Trinajstić information content (AvgIpc) is 3.36. The highest BCUT2D eigenvalue weighted by atomic mass is 31.2. The number of phosphoric acid groups is 1. The van der Waals surface area contributed by atoms with Gasteiger partial charge in [-0.25, -0.2) is 4.57 Å². The van der Waals surface area contributed by atoms with E-state index in [0.29, 0.717) is 17.4 Å². The van der Waals surface area contributed by atoms with Crippen molar-refractivity contribution in [3.8, 4) is 0 Å². The predicted octanol–water partition coefficient (Wildman–Crippen LogP) is 19.3. The number of nitrogens with zero attached hydrogens (tertiary/aromatic N) is 1. The summed E-state index contributed by atoms with van der Waals surface area (Å²) >= 11 is 0. The Morgan fingerprint density at radius 3 is 1.15 bits per heavy atom. The van der Waals surface area contributed by atoms with E-state index in [1.165, 1.54) is 154 Å². The van der Waals surface area contributed by atoms with E-state index in [1.807, 2.05) is 21.1 Å². The quantitative estimate of drug-likeness (QED) is 0.0211. The highest BCUT2D eigenvalue weighted by Gasteiger charge is 2.27.